The highest BCUT2D eigenvalue weighted by molar-refractivity contribution is 7.99. The van der Waals surface area contributed by atoms with Gasteiger partial charge >= 0.3 is 0 Å². The van der Waals surface area contributed by atoms with Gasteiger partial charge in [-0.3, -0.25) is 0 Å². The number of imidazole rings is 1. The fourth-order valence-electron chi connectivity index (χ4n) is 1.56. The third-order valence-corrected chi connectivity index (χ3v) is 3.56. The molecule has 90 valence electrons. The van der Waals surface area contributed by atoms with Crippen molar-refractivity contribution in [1.82, 2.24) is 9.55 Å². The molecule has 0 radical (unpaired) electrons. The maximum absolute atomic E-state index is 13.6. The second kappa shape index (κ2) is 4.89. The Kier molecular flexibility index (Phi) is 3.49. The Labute approximate surface area is 103 Å². The van der Waals surface area contributed by atoms with Crippen LogP contribution in [0.15, 0.2) is 40.6 Å². The van der Waals surface area contributed by atoms with E-state index in [2.05, 4.69) is 4.98 Å². The van der Waals surface area contributed by atoms with Crippen LogP contribution in [0.1, 0.15) is 18.6 Å². The predicted octanol–water partition coefficient (Wildman–Crippen LogP) is 2.76. The normalized spacial score (nSPS) is 12.7. The van der Waals surface area contributed by atoms with Gasteiger partial charge in [0, 0.05) is 29.9 Å². The molecule has 0 bridgehead atoms. The van der Waals surface area contributed by atoms with Crippen LogP contribution in [0.2, 0.25) is 0 Å². The van der Waals surface area contributed by atoms with Crippen molar-refractivity contribution >= 4 is 11.8 Å². The van der Waals surface area contributed by atoms with E-state index in [-0.39, 0.29) is 5.82 Å². The minimum atomic E-state index is -0.834. The maximum Gasteiger partial charge on any atom is 0.172 e. The molecule has 0 aliphatic carbocycles. The van der Waals surface area contributed by atoms with Crippen LogP contribution in [0.25, 0.3) is 0 Å². The van der Waals surface area contributed by atoms with Gasteiger partial charge in [0.2, 0.25) is 0 Å². The lowest BCUT2D eigenvalue weighted by molar-refractivity contribution is 0.191. The lowest BCUT2D eigenvalue weighted by Gasteiger charge is -2.12. The summed E-state index contributed by atoms with van der Waals surface area (Å²) >= 11 is 1.34. The van der Waals surface area contributed by atoms with Crippen LogP contribution >= 0.6 is 11.8 Å². The van der Waals surface area contributed by atoms with Crippen LogP contribution in [0.4, 0.5) is 4.39 Å². The van der Waals surface area contributed by atoms with E-state index in [9.17, 15) is 9.50 Å². The van der Waals surface area contributed by atoms with Crippen LogP contribution in [0.3, 0.4) is 0 Å². The zero-order chi connectivity index (χ0) is 12.4. The maximum atomic E-state index is 13.6. The number of halogens is 1. The first-order chi connectivity index (χ1) is 8.09. The van der Waals surface area contributed by atoms with Crippen LogP contribution in [-0.2, 0) is 7.05 Å². The van der Waals surface area contributed by atoms with E-state index < -0.39 is 6.10 Å². The second-order valence-electron chi connectivity index (χ2n) is 3.75. The number of rotatable bonds is 3. The van der Waals surface area contributed by atoms with E-state index in [0.717, 1.165) is 5.16 Å². The lowest BCUT2D eigenvalue weighted by atomic mass is 10.1. The average Bonchev–Trinajstić information content (AvgIpc) is 2.64. The van der Waals surface area contributed by atoms with E-state index in [1.54, 1.807) is 25.3 Å². The number of hydrogen-bond donors (Lipinski definition) is 1. The molecule has 0 amide bonds. The van der Waals surface area contributed by atoms with Gasteiger partial charge in [0.15, 0.2) is 5.16 Å². The molecule has 0 aliphatic rings. The predicted molar refractivity (Wildman–Crippen MR) is 64.4 cm³/mol. The Morgan fingerprint density at radius 3 is 2.82 bits per heavy atom. The summed E-state index contributed by atoms with van der Waals surface area (Å²) in [7, 11) is 1.87. The van der Waals surface area contributed by atoms with Crippen molar-refractivity contribution in [2.75, 3.05) is 0 Å². The summed E-state index contributed by atoms with van der Waals surface area (Å²) in [5.41, 5.74) is 0.320. The average molecular weight is 252 g/mol. The van der Waals surface area contributed by atoms with Crippen LogP contribution in [0, 0.1) is 5.82 Å². The number of aliphatic hydroxyl groups excluding tert-OH is 1. The molecule has 0 saturated heterocycles. The topological polar surface area (TPSA) is 38.1 Å². The Morgan fingerprint density at radius 2 is 2.24 bits per heavy atom. The van der Waals surface area contributed by atoms with E-state index in [1.165, 1.54) is 17.8 Å². The van der Waals surface area contributed by atoms with E-state index >= 15 is 0 Å². The summed E-state index contributed by atoms with van der Waals surface area (Å²) in [4.78, 5) is 4.85. The van der Waals surface area contributed by atoms with E-state index in [1.807, 2.05) is 17.8 Å². The molecule has 5 heteroatoms. The number of nitrogens with zero attached hydrogens (tertiary/aromatic N) is 2. The third kappa shape index (κ3) is 2.50. The fraction of sp³-hybridized carbons (Fsp3) is 0.250. The quantitative estimate of drug-likeness (QED) is 0.912. The molecule has 0 fully saturated rings. The van der Waals surface area contributed by atoms with Crippen molar-refractivity contribution in [2.24, 2.45) is 7.05 Å². The first-order valence-electron chi connectivity index (χ1n) is 5.21. The van der Waals surface area contributed by atoms with Crippen molar-refractivity contribution in [3.8, 4) is 0 Å². The van der Waals surface area contributed by atoms with Gasteiger partial charge < -0.3 is 9.67 Å². The smallest absolute Gasteiger partial charge is 0.172 e. The number of aryl methyl sites for hydroxylation is 1. The highest BCUT2D eigenvalue weighted by Gasteiger charge is 2.15. The van der Waals surface area contributed by atoms with Gasteiger partial charge in [0.05, 0.1) is 6.10 Å². The van der Waals surface area contributed by atoms with Gasteiger partial charge in [0.1, 0.15) is 5.82 Å². The molecule has 17 heavy (non-hydrogen) atoms. The molecule has 0 aliphatic heterocycles. The summed E-state index contributed by atoms with van der Waals surface area (Å²) in [5.74, 6) is -0.390. The molecule has 3 nitrogen and oxygen atoms in total. The molecule has 1 atom stereocenters. The minimum absolute atomic E-state index is 0.320. The molecule has 1 aromatic carbocycles. The molecule has 1 unspecified atom stereocenters. The third-order valence-electron chi connectivity index (χ3n) is 2.41. The fourth-order valence-corrected chi connectivity index (χ4v) is 2.60. The van der Waals surface area contributed by atoms with Crippen LogP contribution in [0.5, 0.6) is 0 Å². The SMILES string of the molecule is CC(O)c1c(F)cccc1Sc1nccn1C. The van der Waals surface area contributed by atoms with E-state index in [0.29, 0.717) is 10.5 Å². The Balaban J connectivity index is 2.39. The molecular weight excluding hydrogens is 239 g/mol. The molecule has 1 heterocycles. The molecule has 0 saturated carbocycles. The standard InChI is InChI=1S/C12H13FN2OS/c1-8(16)11-9(13)4-3-5-10(11)17-12-14-6-7-15(12)2/h3-8,16H,1-2H3. The van der Waals surface area contributed by atoms with Gasteiger partial charge in [0.25, 0.3) is 0 Å². The number of hydrogen-bond acceptors (Lipinski definition) is 3. The van der Waals surface area contributed by atoms with Crippen molar-refractivity contribution < 1.29 is 9.50 Å². The van der Waals surface area contributed by atoms with Gasteiger partial charge in [-0.2, -0.15) is 0 Å². The molecule has 1 N–H and O–H groups in total. The number of aromatic nitrogens is 2. The summed E-state index contributed by atoms with van der Waals surface area (Å²) in [6.45, 7) is 1.56. The largest absolute Gasteiger partial charge is 0.389 e. The Hall–Kier alpha value is -1.33. The second-order valence-corrected chi connectivity index (χ2v) is 4.76. The first-order valence-corrected chi connectivity index (χ1v) is 6.03. The molecule has 2 rings (SSSR count). The van der Waals surface area contributed by atoms with Gasteiger partial charge in [-0.05, 0) is 19.1 Å². The van der Waals surface area contributed by atoms with Gasteiger partial charge in [-0.15, -0.1) is 0 Å². The zero-order valence-electron chi connectivity index (χ0n) is 9.59. The number of benzene rings is 1. The van der Waals surface area contributed by atoms with Crippen molar-refractivity contribution in [1.29, 1.82) is 0 Å². The Morgan fingerprint density at radius 1 is 1.47 bits per heavy atom. The summed E-state index contributed by atoms with van der Waals surface area (Å²) in [5, 5.41) is 10.4. The summed E-state index contributed by atoms with van der Waals surface area (Å²) in [6.07, 6.45) is 2.67. The van der Waals surface area contributed by atoms with E-state index in [4.69, 9.17) is 0 Å². The van der Waals surface area contributed by atoms with Gasteiger partial charge in [-0.1, -0.05) is 17.8 Å². The van der Waals surface area contributed by atoms with Gasteiger partial charge in [-0.25, -0.2) is 9.37 Å². The molecule has 0 spiro atoms. The zero-order valence-corrected chi connectivity index (χ0v) is 10.4. The van der Waals surface area contributed by atoms with Crippen molar-refractivity contribution in [3.05, 3.63) is 42.0 Å². The van der Waals surface area contributed by atoms with Crippen molar-refractivity contribution in [3.63, 3.8) is 0 Å². The monoisotopic (exact) mass is 252 g/mol. The molecular formula is C12H13FN2OS. The van der Waals surface area contributed by atoms with Crippen LogP contribution < -0.4 is 0 Å². The Bertz CT molecular complexity index is 525. The summed E-state index contributed by atoms with van der Waals surface area (Å²) in [6, 6.07) is 4.77. The molecule has 2 aromatic rings. The summed E-state index contributed by atoms with van der Waals surface area (Å²) < 4.78 is 15.5. The highest BCUT2D eigenvalue weighted by Crippen LogP contribution is 2.33. The first kappa shape index (κ1) is 12.1. The highest BCUT2D eigenvalue weighted by atomic mass is 32.2. The van der Waals surface area contributed by atoms with Crippen LogP contribution in [-0.4, -0.2) is 14.7 Å². The molecule has 1 aromatic heterocycles. The van der Waals surface area contributed by atoms with Crippen molar-refractivity contribution in [2.45, 2.75) is 23.1 Å². The lowest BCUT2D eigenvalue weighted by Crippen LogP contribution is -1.99. The minimum Gasteiger partial charge on any atom is -0.389 e. The number of aliphatic hydroxyl groups is 1.